The van der Waals surface area contributed by atoms with E-state index in [-0.39, 0.29) is 5.91 Å². The minimum atomic E-state index is -0.0527. The predicted molar refractivity (Wildman–Crippen MR) is 46.7 cm³/mol. The van der Waals surface area contributed by atoms with Crippen molar-refractivity contribution in [1.29, 1.82) is 0 Å². The molecule has 0 fully saturated rings. The summed E-state index contributed by atoms with van der Waals surface area (Å²) in [5, 5.41) is 5.63. The van der Waals surface area contributed by atoms with Gasteiger partial charge in [0.05, 0.1) is 6.33 Å². The van der Waals surface area contributed by atoms with E-state index in [0.29, 0.717) is 18.1 Å². The van der Waals surface area contributed by atoms with Crippen LogP contribution in [0.1, 0.15) is 10.5 Å². The van der Waals surface area contributed by atoms with Crippen molar-refractivity contribution in [3.8, 4) is 0 Å². The lowest BCUT2D eigenvalue weighted by Gasteiger charge is -2.15. The zero-order valence-corrected chi connectivity index (χ0v) is 6.79. The van der Waals surface area contributed by atoms with Crippen LogP contribution >= 0.6 is 0 Å². The summed E-state index contributed by atoms with van der Waals surface area (Å²) in [6.07, 6.45) is 1.68. The molecule has 2 rings (SSSR count). The third-order valence-corrected chi connectivity index (χ3v) is 1.93. The molecule has 2 N–H and O–H groups in total. The molecule has 0 spiro atoms. The second-order valence-electron chi connectivity index (χ2n) is 2.64. The first-order chi connectivity index (χ1) is 5.83. The SMILES string of the molecule is BNc1ncn2c1C(=O)NCC2. The Morgan fingerprint density at radius 3 is 3.33 bits per heavy atom. The molecule has 0 bridgehead atoms. The number of hydrogen-bond acceptors (Lipinski definition) is 3. The van der Waals surface area contributed by atoms with Crippen molar-refractivity contribution in [3.63, 3.8) is 0 Å². The summed E-state index contributed by atoms with van der Waals surface area (Å²) in [6, 6.07) is 0. The Bertz CT molecular complexity index is 308. The van der Waals surface area contributed by atoms with Gasteiger partial charge >= 0.3 is 0 Å². The summed E-state index contributed by atoms with van der Waals surface area (Å²) >= 11 is 0. The molecular weight excluding hydrogens is 155 g/mol. The van der Waals surface area contributed by atoms with Gasteiger partial charge in [0.15, 0.2) is 0 Å². The zero-order valence-electron chi connectivity index (χ0n) is 6.79. The van der Waals surface area contributed by atoms with Crippen molar-refractivity contribution >= 4 is 19.7 Å². The van der Waals surface area contributed by atoms with Crippen molar-refractivity contribution in [3.05, 3.63) is 12.0 Å². The van der Waals surface area contributed by atoms with E-state index in [1.165, 1.54) is 0 Å². The van der Waals surface area contributed by atoms with Crippen LogP contribution in [0.5, 0.6) is 0 Å². The highest BCUT2D eigenvalue weighted by molar-refractivity contribution is 6.17. The normalized spacial score (nSPS) is 15.2. The van der Waals surface area contributed by atoms with Crippen molar-refractivity contribution in [2.75, 3.05) is 11.8 Å². The standard InChI is InChI=1S/C6H9BN4O/c7-10-5-4-6(12)8-1-2-11(4)3-9-5/h3,10H,1-2,7H2,(H,8,12). The Morgan fingerprint density at radius 2 is 2.58 bits per heavy atom. The molecule has 0 aromatic carbocycles. The molecule has 0 saturated carbocycles. The lowest BCUT2D eigenvalue weighted by molar-refractivity contribution is 0.0929. The Balaban J connectivity index is 2.50. The second kappa shape index (κ2) is 2.55. The van der Waals surface area contributed by atoms with Crippen molar-refractivity contribution in [2.24, 2.45) is 0 Å². The minimum absolute atomic E-state index is 0.0527. The van der Waals surface area contributed by atoms with Gasteiger partial charge in [-0.1, -0.05) is 0 Å². The Morgan fingerprint density at radius 1 is 1.75 bits per heavy atom. The van der Waals surface area contributed by atoms with Crippen LogP contribution in [0.2, 0.25) is 0 Å². The molecule has 1 aliphatic rings. The van der Waals surface area contributed by atoms with E-state index in [1.807, 2.05) is 4.57 Å². The van der Waals surface area contributed by atoms with E-state index in [1.54, 1.807) is 14.3 Å². The maximum Gasteiger partial charge on any atom is 0.271 e. The number of carbonyl (C=O) groups is 1. The number of nitrogens with one attached hydrogen (secondary N) is 2. The summed E-state index contributed by atoms with van der Waals surface area (Å²) in [7, 11) is 1.76. The summed E-state index contributed by atoms with van der Waals surface area (Å²) in [5.41, 5.74) is 0.628. The highest BCUT2D eigenvalue weighted by Crippen LogP contribution is 2.14. The Hall–Kier alpha value is -1.46. The van der Waals surface area contributed by atoms with Gasteiger partial charge in [0, 0.05) is 13.1 Å². The maximum atomic E-state index is 11.3. The van der Waals surface area contributed by atoms with Crippen molar-refractivity contribution in [1.82, 2.24) is 14.9 Å². The van der Waals surface area contributed by atoms with Gasteiger partial charge in [0.25, 0.3) is 5.91 Å². The molecule has 0 saturated heterocycles. The van der Waals surface area contributed by atoms with Crippen LogP contribution < -0.4 is 10.5 Å². The maximum absolute atomic E-state index is 11.3. The predicted octanol–water partition coefficient (Wildman–Crippen LogP) is -1.41. The first-order valence-electron chi connectivity index (χ1n) is 3.84. The van der Waals surface area contributed by atoms with Gasteiger partial charge in [-0.05, 0) is 0 Å². The van der Waals surface area contributed by atoms with Crippen LogP contribution in [0.25, 0.3) is 0 Å². The molecule has 0 atom stereocenters. The number of carbonyl (C=O) groups excluding carboxylic acids is 1. The van der Waals surface area contributed by atoms with Crippen molar-refractivity contribution < 1.29 is 4.79 Å². The quantitative estimate of drug-likeness (QED) is 0.501. The fourth-order valence-corrected chi connectivity index (χ4v) is 1.35. The average Bonchev–Trinajstić information content (AvgIpc) is 2.49. The summed E-state index contributed by atoms with van der Waals surface area (Å²) in [6.45, 7) is 1.49. The molecule has 0 radical (unpaired) electrons. The number of aromatic nitrogens is 2. The summed E-state index contributed by atoms with van der Waals surface area (Å²) < 4.78 is 1.85. The van der Waals surface area contributed by atoms with E-state index in [9.17, 15) is 4.79 Å². The van der Waals surface area contributed by atoms with Crippen LogP contribution in [0, 0.1) is 0 Å². The molecule has 5 nitrogen and oxygen atoms in total. The Labute approximate surface area is 70.6 Å². The second-order valence-corrected chi connectivity index (χ2v) is 2.64. The summed E-state index contributed by atoms with van der Waals surface area (Å²) in [5.74, 6) is 0.593. The first kappa shape index (κ1) is 7.21. The van der Waals surface area contributed by atoms with Gasteiger partial charge in [0.1, 0.15) is 11.5 Å². The number of hydrogen-bond donors (Lipinski definition) is 2. The number of amides is 1. The highest BCUT2D eigenvalue weighted by Gasteiger charge is 2.20. The lowest BCUT2D eigenvalue weighted by Crippen LogP contribution is -2.35. The summed E-state index contributed by atoms with van der Waals surface area (Å²) in [4.78, 5) is 15.4. The monoisotopic (exact) mass is 164 g/mol. The molecule has 62 valence electrons. The molecule has 0 aliphatic carbocycles. The minimum Gasteiger partial charge on any atom is -0.418 e. The fraction of sp³-hybridized carbons (Fsp3) is 0.333. The van der Waals surface area contributed by atoms with Gasteiger partial charge in [-0.15, -0.1) is 0 Å². The molecule has 1 aromatic heterocycles. The van der Waals surface area contributed by atoms with Gasteiger partial charge in [0.2, 0.25) is 7.98 Å². The van der Waals surface area contributed by atoms with Gasteiger partial charge in [-0.3, -0.25) is 4.79 Å². The number of rotatable bonds is 1. The van der Waals surface area contributed by atoms with Crippen LogP contribution in [0.4, 0.5) is 5.82 Å². The Kier molecular flexibility index (Phi) is 1.53. The molecule has 1 amide bonds. The van der Waals surface area contributed by atoms with Crippen molar-refractivity contribution in [2.45, 2.75) is 6.54 Å². The van der Waals surface area contributed by atoms with Crippen LogP contribution in [-0.2, 0) is 6.54 Å². The number of nitrogens with zero attached hydrogens (tertiary/aromatic N) is 2. The molecule has 6 heteroatoms. The first-order valence-corrected chi connectivity index (χ1v) is 3.84. The van der Waals surface area contributed by atoms with Gasteiger partial charge in [-0.25, -0.2) is 4.98 Å². The zero-order chi connectivity index (χ0) is 8.55. The van der Waals surface area contributed by atoms with E-state index >= 15 is 0 Å². The van der Waals surface area contributed by atoms with Crippen LogP contribution in [0.15, 0.2) is 6.33 Å². The fourth-order valence-electron chi connectivity index (χ4n) is 1.35. The van der Waals surface area contributed by atoms with E-state index in [4.69, 9.17) is 0 Å². The molecular formula is C6H9BN4O. The van der Waals surface area contributed by atoms with Crippen LogP contribution in [0.3, 0.4) is 0 Å². The van der Waals surface area contributed by atoms with E-state index in [2.05, 4.69) is 15.5 Å². The van der Waals surface area contributed by atoms with E-state index in [0.717, 1.165) is 6.54 Å². The van der Waals surface area contributed by atoms with Crippen LogP contribution in [-0.4, -0.2) is 30.0 Å². The molecule has 1 aliphatic heterocycles. The highest BCUT2D eigenvalue weighted by atomic mass is 16.2. The topological polar surface area (TPSA) is 59.0 Å². The van der Waals surface area contributed by atoms with Gasteiger partial charge < -0.3 is 15.1 Å². The van der Waals surface area contributed by atoms with Gasteiger partial charge in [-0.2, -0.15) is 0 Å². The molecule has 1 aromatic rings. The number of fused-ring (bicyclic) bond motifs is 1. The third kappa shape index (κ3) is 0.877. The van der Waals surface area contributed by atoms with E-state index < -0.39 is 0 Å². The molecule has 2 heterocycles. The molecule has 12 heavy (non-hydrogen) atoms. The molecule has 0 unspecified atom stereocenters. The smallest absolute Gasteiger partial charge is 0.271 e. The number of anilines is 1. The lowest BCUT2D eigenvalue weighted by atomic mass is 10.3. The third-order valence-electron chi connectivity index (χ3n) is 1.93. The largest absolute Gasteiger partial charge is 0.418 e. The average molecular weight is 164 g/mol. The number of imidazole rings is 1.